The van der Waals surface area contributed by atoms with Crippen LogP contribution < -0.4 is 20.7 Å². The van der Waals surface area contributed by atoms with Gasteiger partial charge in [-0.1, -0.05) is 39.0 Å². The third kappa shape index (κ3) is 3.91. The Morgan fingerprint density at radius 1 is 0.844 bits per heavy atom. The molecule has 0 aliphatic heterocycles. The summed E-state index contributed by atoms with van der Waals surface area (Å²) in [7, 11) is 3.31. The van der Waals surface area contributed by atoms with Gasteiger partial charge in [-0.25, -0.2) is 4.79 Å². The maximum Gasteiger partial charge on any atom is 0.332 e. The Hall–Kier alpha value is -3.80. The van der Waals surface area contributed by atoms with Crippen molar-refractivity contribution in [3.05, 3.63) is 87.2 Å². The van der Waals surface area contributed by atoms with Crippen LogP contribution in [0.3, 0.4) is 0 Å². The molecule has 4 aromatic rings. The molecule has 0 fully saturated rings. The average Bonchev–Trinajstić information content (AvgIpc) is 2.76. The normalized spacial score (nSPS) is 11.5. The van der Waals surface area contributed by atoms with Gasteiger partial charge in [0.15, 0.2) is 0 Å². The van der Waals surface area contributed by atoms with E-state index >= 15 is 0 Å². The minimum Gasteiger partial charge on any atom is -0.497 e. The zero-order valence-corrected chi connectivity index (χ0v) is 18.9. The molecule has 0 spiro atoms. The monoisotopic (exact) mass is 430 g/mol. The number of rotatable bonds is 4. The van der Waals surface area contributed by atoms with Crippen LogP contribution in [0, 0.1) is 0 Å². The molecule has 0 atom stereocenters. The van der Waals surface area contributed by atoms with Crippen molar-refractivity contribution >= 4 is 10.8 Å². The Labute approximate surface area is 186 Å². The molecule has 0 saturated heterocycles. The summed E-state index contributed by atoms with van der Waals surface area (Å²) in [6.07, 6.45) is 1.49. The summed E-state index contributed by atoms with van der Waals surface area (Å²) >= 11 is 0. The van der Waals surface area contributed by atoms with Crippen molar-refractivity contribution in [2.75, 3.05) is 14.2 Å². The highest BCUT2D eigenvalue weighted by Crippen LogP contribution is 2.41. The van der Waals surface area contributed by atoms with E-state index in [9.17, 15) is 9.59 Å². The molecule has 0 radical (unpaired) electrons. The van der Waals surface area contributed by atoms with E-state index in [0.29, 0.717) is 5.69 Å². The summed E-state index contributed by atoms with van der Waals surface area (Å²) in [4.78, 5) is 26.4. The van der Waals surface area contributed by atoms with Crippen molar-refractivity contribution in [1.29, 1.82) is 0 Å². The SMILES string of the molecule is COc1ccc2cc(-c3cc(-n4ccc(=O)[nH]c4=O)cc(C(C)(C)C)c3OC)ccc2c1. The lowest BCUT2D eigenvalue weighted by molar-refractivity contribution is 0.399. The molecule has 6 heteroatoms. The van der Waals surface area contributed by atoms with Crippen LogP contribution in [0.4, 0.5) is 0 Å². The van der Waals surface area contributed by atoms with E-state index in [1.54, 1.807) is 14.2 Å². The summed E-state index contributed by atoms with van der Waals surface area (Å²) in [6, 6.07) is 17.3. The van der Waals surface area contributed by atoms with Crippen LogP contribution in [0.1, 0.15) is 26.3 Å². The van der Waals surface area contributed by atoms with E-state index in [0.717, 1.165) is 39.0 Å². The molecule has 32 heavy (non-hydrogen) atoms. The molecule has 6 nitrogen and oxygen atoms in total. The van der Waals surface area contributed by atoms with Crippen LogP contribution in [-0.4, -0.2) is 23.8 Å². The fourth-order valence-corrected chi connectivity index (χ4v) is 3.88. The van der Waals surface area contributed by atoms with Crippen molar-refractivity contribution in [3.8, 4) is 28.3 Å². The van der Waals surface area contributed by atoms with E-state index in [1.807, 2.05) is 42.5 Å². The van der Waals surface area contributed by atoms with Crippen LogP contribution in [0.5, 0.6) is 11.5 Å². The second kappa shape index (κ2) is 8.04. The number of benzene rings is 3. The van der Waals surface area contributed by atoms with Crippen LogP contribution >= 0.6 is 0 Å². The van der Waals surface area contributed by atoms with Gasteiger partial charge in [0, 0.05) is 23.4 Å². The molecule has 0 bridgehead atoms. The molecule has 0 aliphatic carbocycles. The van der Waals surface area contributed by atoms with E-state index in [2.05, 4.69) is 31.8 Å². The summed E-state index contributed by atoms with van der Waals surface area (Å²) in [5.74, 6) is 1.56. The number of nitrogens with one attached hydrogen (secondary N) is 1. The summed E-state index contributed by atoms with van der Waals surface area (Å²) in [5.41, 5.74) is 2.28. The molecule has 0 aliphatic rings. The summed E-state index contributed by atoms with van der Waals surface area (Å²) < 4.78 is 12.7. The van der Waals surface area contributed by atoms with E-state index in [4.69, 9.17) is 9.47 Å². The fraction of sp³-hybridized carbons (Fsp3) is 0.231. The predicted molar refractivity (Wildman–Crippen MR) is 127 cm³/mol. The van der Waals surface area contributed by atoms with Gasteiger partial charge in [0.1, 0.15) is 11.5 Å². The molecule has 1 heterocycles. The molecule has 0 amide bonds. The Kier molecular flexibility index (Phi) is 5.38. The zero-order valence-electron chi connectivity index (χ0n) is 18.9. The lowest BCUT2D eigenvalue weighted by Crippen LogP contribution is -2.27. The number of aromatic nitrogens is 2. The Morgan fingerprint density at radius 3 is 2.22 bits per heavy atom. The second-order valence-electron chi connectivity index (χ2n) is 8.73. The molecular weight excluding hydrogens is 404 g/mol. The van der Waals surface area contributed by atoms with Gasteiger partial charge in [-0.3, -0.25) is 14.3 Å². The molecule has 0 unspecified atom stereocenters. The highest BCUT2D eigenvalue weighted by atomic mass is 16.5. The number of aromatic amines is 1. The Balaban J connectivity index is 2.01. The van der Waals surface area contributed by atoms with Crippen LogP contribution in [-0.2, 0) is 5.41 Å². The maximum absolute atomic E-state index is 12.5. The second-order valence-corrected chi connectivity index (χ2v) is 8.73. The van der Waals surface area contributed by atoms with Crippen molar-refractivity contribution < 1.29 is 9.47 Å². The number of methoxy groups -OCH3 is 2. The highest BCUT2D eigenvalue weighted by Gasteiger charge is 2.24. The number of nitrogens with zero attached hydrogens (tertiary/aromatic N) is 1. The molecule has 3 aromatic carbocycles. The van der Waals surface area contributed by atoms with E-state index in [-0.39, 0.29) is 5.41 Å². The van der Waals surface area contributed by atoms with Crippen LogP contribution in [0.2, 0.25) is 0 Å². The number of hydrogen-bond donors (Lipinski definition) is 1. The fourth-order valence-electron chi connectivity index (χ4n) is 3.88. The van der Waals surface area contributed by atoms with Gasteiger partial charge in [-0.05, 0) is 52.1 Å². The molecule has 4 rings (SSSR count). The highest BCUT2D eigenvalue weighted by molar-refractivity contribution is 5.90. The minimum atomic E-state index is -0.487. The van der Waals surface area contributed by atoms with Crippen LogP contribution in [0.15, 0.2) is 70.4 Å². The smallest absolute Gasteiger partial charge is 0.332 e. The topological polar surface area (TPSA) is 73.3 Å². The number of hydrogen-bond acceptors (Lipinski definition) is 4. The molecule has 1 N–H and O–H groups in total. The average molecular weight is 431 g/mol. The molecule has 0 saturated carbocycles. The lowest BCUT2D eigenvalue weighted by Gasteiger charge is -2.25. The van der Waals surface area contributed by atoms with Crippen molar-refractivity contribution in [2.45, 2.75) is 26.2 Å². The van der Waals surface area contributed by atoms with Gasteiger partial charge in [-0.2, -0.15) is 0 Å². The van der Waals surface area contributed by atoms with Gasteiger partial charge in [0.25, 0.3) is 5.56 Å². The molecule has 1 aromatic heterocycles. The quantitative estimate of drug-likeness (QED) is 0.511. The van der Waals surface area contributed by atoms with Gasteiger partial charge >= 0.3 is 5.69 Å². The van der Waals surface area contributed by atoms with Crippen LogP contribution in [0.25, 0.3) is 27.6 Å². The third-order valence-electron chi connectivity index (χ3n) is 5.55. The number of H-pyrrole nitrogens is 1. The predicted octanol–water partition coefficient (Wildman–Crippen LogP) is 4.66. The maximum atomic E-state index is 12.5. The zero-order chi connectivity index (χ0) is 23.0. The lowest BCUT2D eigenvalue weighted by atomic mass is 9.83. The first-order valence-corrected chi connectivity index (χ1v) is 10.3. The van der Waals surface area contributed by atoms with E-state index < -0.39 is 11.2 Å². The van der Waals surface area contributed by atoms with Gasteiger partial charge in [-0.15, -0.1) is 0 Å². The van der Waals surface area contributed by atoms with Gasteiger partial charge in [0.05, 0.1) is 19.9 Å². The van der Waals surface area contributed by atoms with Gasteiger partial charge < -0.3 is 9.47 Å². The summed E-state index contributed by atoms with van der Waals surface area (Å²) in [5, 5.41) is 2.13. The number of fused-ring (bicyclic) bond motifs is 1. The summed E-state index contributed by atoms with van der Waals surface area (Å²) in [6.45, 7) is 6.29. The minimum absolute atomic E-state index is 0.244. The Bertz CT molecular complexity index is 1420. The van der Waals surface area contributed by atoms with Gasteiger partial charge in [0.2, 0.25) is 0 Å². The first-order chi connectivity index (χ1) is 15.2. The standard InChI is InChI=1S/C26H26N2O4/c1-26(2,3)22-15-19(28-11-10-23(29)27-25(28)30)14-21(24(22)32-5)18-7-6-17-13-20(31-4)9-8-16(17)12-18/h6-15H,1-5H3,(H,27,29,30). The van der Waals surface area contributed by atoms with Crippen molar-refractivity contribution in [3.63, 3.8) is 0 Å². The first kappa shape index (κ1) is 21.4. The molecular formula is C26H26N2O4. The van der Waals surface area contributed by atoms with Crippen molar-refractivity contribution in [1.82, 2.24) is 9.55 Å². The third-order valence-corrected chi connectivity index (χ3v) is 5.55. The largest absolute Gasteiger partial charge is 0.497 e. The van der Waals surface area contributed by atoms with E-state index in [1.165, 1.54) is 16.8 Å². The molecule has 164 valence electrons. The Morgan fingerprint density at radius 2 is 1.56 bits per heavy atom. The van der Waals surface area contributed by atoms with Crippen molar-refractivity contribution in [2.24, 2.45) is 0 Å². The first-order valence-electron chi connectivity index (χ1n) is 10.3. The number of ether oxygens (including phenoxy) is 2.